The Kier molecular flexibility index (Phi) is 5.25. The summed E-state index contributed by atoms with van der Waals surface area (Å²) >= 11 is 0. The molecule has 0 fully saturated rings. The van der Waals surface area contributed by atoms with Gasteiger partial charge in [0.2, 0.25) is 0 Å². The van der Waals surface area contributed by atoms with Crippen LogP contribution >= 0.6 is 0 Å². The molecule has 7 heteroatoms. The molecule has 4 aromatic carbocycles. The van der Waals surface area contributed by atoms with Gasteiger partial charge in [-0.1, -0.05) is 18.2 Å². The molecular formula is C28H22O7. The molecule has 6 N–H and O–H groups in total. The summed E-state index contributed by atoms with van der Waals surface area (Å²) in [5.74, 6) is -3.42. The van der Waals surface area contributed by atoms with Crippen LogP contribution in [0.2, 0.25) is 0 Å². The number of rotatable bonds is 4. The molecular weight excluding hydrogens is 448 g/mol. The van der Waals surface area contributed by atoms with Gasteiger partial charge in [-0.3, -0.25) is 4.79 Å². The molecule has 176 valence electrons. The summed E-state index contributed by atoms with van der Waals surface area (Å²) in [5.41, 5.74) is 2.43. The van der Waals surface area contributed by atoms with Gasteiger partial charge in [0.25, 0.3) is 0 Å². The summed E-state index contributed by atoms with van der Waals surface area (Å²) in [5, 5.41) is 60.9. The highest BCUT2D eigenvalue weighted by molar-refractivity contribution is 6.03. The van der Waals surface area contributed by atoms with Gasteiger partial charge in [0, 0.05) is 29.0 Å². The maximum Gasteiger partial charge on any atom is 0.170 e. The lowest BCUT2D eigenvalue weighted by atomic mass is 9.75. The van der Waals surface area contributed by atoms with E-state index in [0.717, 1.165) is 0 Å². The zero-order chi connectivity index (χ0) is 24.9. The molecule has 3 atom stereocenters. The summed E-state index contributed by atoms with van der Waals surface area (Å²) in [4.78, 5) is 13.9. The van der Waals surface area contributed by atoms with Crippen molar-refractivity contribution in [2.24, 2.45) is 0 Å². The normalized spacial score (nSPS) is 18.8. The number of ketones is 1. The Morgan fingerprint density at radius 1 is 0.571 bits per heavy atom. The zero-order valence-corrected chi connectivity index (χ0v) is 18.3. The maximum absolute atomic E-state index is 13.9. The predicted molar refractivity (Wildman–Crippen MR) is 127 cm³/mol. The van der Waals surface area contributed by atoms with E-state index >= 15 is 0 Å². The van der Waals surface area contributed by atoms with Crippen molar-refractivity contribution in [1.29, 1.82) is 0 Å². The molecule has 0 spiro atoms. The van der Waals surface area contributed by atoms with E-state index in [0.29, 0.717) is 27.8 Å². The molecule has 0 heterocycles. The number of phenolic OH excluding ortho intramolecular Hbond substituents is 6. The number of carbonyl (C=O) groups is 1. The average Bonchev–Trinajstić information content (AvgIpc) is 3.16. The third kappa shape index (κ3) is 3.77. The number of fused-ring (bicyclic) bond motifs is 1. The topological polar surface area (TPSA) is 138 Å². The van der Waals surface area contributed by atoms with Crippen molar-refractivity contribution in [3.63, 3.8) is 0 Å². The largest absolute Gasteiger partial charge is 0.508 e. The fourth-order valence-corrected chi connectivity index (χ4v) is 5.10. The molecule has 5 rings (SSSR count). The summed E-state index contributed by atoms with van der Waals surface area (Å²) in [7, 11) is 0. The first-order valence-electron chi connectivity index (χ1n) is 10.9. The van der Waals surface area contributed by atoms with E-state index < -0.39 is 17.8 Å². The Bertz CT molecular complexity index is 1430. The number of aromatic hydroxyl groups is 6. The van der Waals surface area contributed by atoms with Gasteiger partial charge >= 0.3 is 0 Å². The highest BCUT2D eigenvalue weighted by atomic mass is 16.3. The summed E-state index contributed by atoms with van der Waals surface area (Å²) < 4.78 is 0. The van der Waals surface area contributed by atoms with Crippen LogP contribution in [0.1, 0.15) is 50.4 Å². The van der Waals surface area contributed by atoms with Gasteiger partial charge < -0.3 is 30.6 Å². The van der Waals surface area contributed by atoms with Crippen LogP contribution in [-0.2, 0) is 0 Å². The first kappa shape index (κ1) is 22.2. The second-order valence-corrected chi connectivity index (χ2v) is 8.70. The van der Waals surface area contributed by atoms with Crippen molar-refractivity contribution in [3.8, 4) is 34.5 Å². The van der Waals surface area contributed by atoms with Crippen molar-refractivity contribution in [2.75, 3.05) is 0 Å². The molecule has 1 aliphatic rings. The monoisotopic (exact) mass is 470 g/mol. The third-order valence-corrected chi connectivity index (χ3v) is 6.61. The lowest BCUT2D eigenvalue weighted by Gasteiger charge is -2.26. The van der Waals surface area contributed by atoms with Crippen LogP contribution < -0.4 is 0 Å². The molecule has 35 heavy (non-hydrogen) atoms. The minimum absolute atomic E-state index is 0.00522. The number of phenols is 6. The summed E-state index contributed by atoms with van der Waals surface area (Å²) in [6, 6.07) is 19.2. The van der Waals surface area contributed by atoms with Crippen LogP contribution in [0.25, 0.3) is 0 Å². The first-order chi connectivity index (χ1) is 16.7. The number of carbonyl (C=O) groups excluding carboxylic acids is 1. The van der Waals surface area contributed by atoms with Gasteiger partial charge in [-0.25, -0.2) is 0 Å². The number of Topliss-reactive ketones (excluding diaryl/α,β-unsaturated/α-hetero) is 1. The molecule has 0 saturated carbocycles. The lowest BCUT2D eigenvalue weighted by Crippen LogP contribution is -2.19. The van der Waals surface area contributed by atoms with Crippen LogP contribution in [0.3, 0.4) is 0 Å². The SMILES string of the molecule is O=C(c1ccc(O)cc1)[C@H]1c2cc(O)cc(O)c2[C@@H](c2ccc(O)cc2)[C@H]1c1ccc(O)c(O)c1. The lowest BCUT2D eigenvalue weighted by molar-refractivity contribution is 0.0949. The van der Waals surface area contributed by atoms with Crippen molar-refractivity contribution in [3.05, 3.63) is 107 Å². The molecule has 0 bridgehead atoms. The van der Waals surface area contributed by atoms with Crippen LogP contribution in [0.5, 0.6) is 34.5 Å². The smallest absolute Gasteiger partial charge is 0.170 e. The summed E-state index contributed by atoms with van der Waals surface area (Å²) in [6.45, 7) is 0. The molecule has 7 nitrogen and oxygen atoms in total. The highest BCUT2D eigenvalue weighted by Crippen LogP contribution is 2.59. The van der Waals surface area contributed by atoms with Gasteiger partial charge in [-0.15, -0.1) is 0 Å². The van der Waals surface area contributed by atoms with E-state index in [-0.39, 0.29) is 40.3 Å². The van der Waals surface area contributed by atoms with E-state index in [1.165, 1.54) is 60.7 Å². The predicted octanol–water partition coefficient (Wildman–Crippen LogP) is 4.82. The molecule has 1 aliphatic carbocycles. The maximum atomic E-state index is 13.9. The number of hydrogen-bond acceptors (Lipinski definition) is 7. The fraction of sp³-hybridized carbons (Fsp3) is 0.107. The molecule has 0 amide bonds. The second-order valence-electron chi connectivity index (χ2n) is 8.70. The Labute approximate surface area is 200 Å². The van der Waals surface area contributed by atoms with E-state index in [1.807, 2.05) is 0 Å². The molecule has 0 saturated heterocycles. The van der Waals surface area contributed by atoms with Crippen LogP contribution in [0, 0.1) is 0 Å². The van der Waals surface area contributed by atoms with Crippen molar-refractivity contribution >= 4 is 5.78 Å². The van der Waals surface area contributed by atoms with E-state index in [9.17, 15) is 35.4 Å². The van der Waals surface area contributed by atoms with E-state index in [1.54, 1.807) is 18.2 Å². The zero-order valence-electron chi connectivity index (χ0n) is 18.3. The van der Waals surface area contributed by atoms with Crippen LogP contribution in [0.15, 0.2) is 78.9 Å². The average molecular weight is 470 g/mol. The minimum Gasteiger partial charge on any atom is -0.508 e. The molecule has 0 aromatic heterocycles. The van der Waals surface area contributed by atoms with E-state index in [4.69, 9.17) is 0 Å². The Morgan fingerprint density at radius 2 is 1.17 bits per heavy atom. The van der Waals surface area contributed by atoms with Gasteiger partial charge in [0.15, 0.2) is 17.3 Å². The van der Waals surface area contributed by atoms with Gasteiger partial charge in [-0.2, -0.15) is 0 Å². The van der Waals surface area contributed by atoms with Gasteiger partial charge in [-0.05, 0) is 71.3 Å². The van der Waals surface area contributed by atoms with E-state index in [2.05, 4.69) is 0 Å². The number of hydrogen-bond donors (Lipinski definition) is 6. The quantitative estimate of drug-likeness (QED) is 0.186. The Morgan fingerprint density at radius 3 is 1.80 bits per heavy atom. The van der Waals surface area contributed by atoms with Gasteiger partial charge in [0.05, 0.1) is 5.92 Å². The Hall–Kier alpha value is -4.65. The molecule has 0 aliphatic heterocycles. The highest BCUT2D eigenvalue weighted by Gasteiger charge is 2.47. The van der Waals surface area contributed by atoms with Crippen LogP contribution in [-0.4, -0.2) is 36.4 Å². The fourth-order valence-electron chi connectivity index (χ4n) is 5.10. The minimum atomic E-state index is -0.879. The summed E-state index contributed by atoms with van der Waals surface area (Å²) in [6.07, 6.45) is 0. The first-order valence-corrected chi connectivity index (χ1v) is 10.9. The van der Waals surface area contributed by atoms with Crippen molar-refractivity contribution in [2.45, 2.75) is 17.8 Å². The molecule has 0 unspecified atom stereocenters. The Balaban J connectivity index is 1.79. The molecule has 0 radical (unpaired) electrons. The van der Waals surface area contributed by atoms with Crippen LogP contribution in [0.4, 0.5) is 0 Å². The molecule has 4 aromatic rings. The van der Waals surface area contributed by atoms with Crippen molar-refractivity contribution in [1.82, 2.24) is 0 Å². The third-order valence-electron chi connectivity index (χ3n) is 6.61. The van der Waals surface area contributed by atoms with Gasteiger partial charge in [0.1, 0.15) is 23.0 Å². The standard InChI is InChI=1S/C28H22O7/c29-17-6-1-14(2-7-17)24-25(16-5-10-21(32)22(33)11-16)27(20-12-19(31)13-23(34)26(20)24)28(35)15-3-8-18(30)9-4-15/h1-13,24-25,27,29-34H/t24-,25+,27-/m0/s1. The number of benzene rings is 4. The second kappa shape index (κ2) is 8.29. The van der Waals surface area contributed by atoms with Crippen molar-refractivity contribution < 1.29 is 35.4 Å².